The first-order valence-electron chi connectivity index (χ1n) is 9.65. The lowest BCUT2D eigenvalue weighted by molar-refractivity contribution is 0.0367. The van der Waals surface area contributed by atoms with E-state index in [1.54, 1.807) is 0 Å². The van der Waals surface area contributed by atoms with Crippen LogP contribution >= 0.6 is 0 Å². The first kappa shape index (κ1) is 16.9. The highest BCUT2D eigenvalue weighted by atomic mass is 14.5. The zero-order valence-electron chi connectivity index (χ0n) is 14.4. The molecule has 4 atom stereocenters. The van der Waals surface area contributed by atoms with Gasteiger partial charge in [0, 0.05) is 0 Å². The summed E-state index contributed by atoms with van der Waals surface area (Å²) in [5, 5.41) is 9.87. The third-order valence-electron chi connectivity index (χ3n) is 6.38. The molecule has 2 aliphatic carbocycles. The minimum absolute atomic E-state index is 0.0674. The minimum atomic E-state index is 0.0674. The number of nitrogens with zero attached hydrogens (tertiary/aromatic N) is 1. The second-order valence-electron chi connectivity index (χ2n) is 7.89. The first-order chi connectivity index (χ1) is 10.2. The van der Waals surface area contributed by atoms with Gasteiger partial charge in [0.25, 0.3) is 0 Å². The number of nitriles is 1. The Morgan fingerprint density at radius 2 is 1.71 bits per heavy atom. The summed E-state index contributed by atoms with van der Waals surface area (Å²) in [6.07, 6.45) is 17.4. The molecule has 0 aromatic heterocycles. The fourth-order valence-corrected chi connectivity index (χ4v) is 5.01. The maximum atomic E-state index is 9.87. The zero-order valence-corrected chi connectivity index (χ0v) is 14.4. The smallest absolute Gasteiger partial charge is 0.0692 e. The Balaban J connectivity index is 1.88. The van der Waals surface area contributed by atoms with Crippen LogP contribution in [0.4, 0.5) is 0 Å². The van der Waals surface area contributed by atoms with Gasteiger partial charge in [-0.15, -0.1) is 0 Å². The summed E-state index contributed by atoms with van der Waals surface area (Å²) in [6.45, 7) is 4.58. The van der Waals surface area contributed by atoms with E-state index in [1.807, 2.05) is 0 Å². The second-order valence-corrected chi connectivity index (χ2v) is 7.89. The van der Waals surface area contributed by atoms with Gasteiger partial charge < -0.3 is 0 Å². The molecule has 120 valence electrons. The molecule has 4 unspecified atom stereocenters. The highest BCUT2D eigenvalue weighted by Crippen LogP contribution is 2.54. The minimum Gasteiger partial charge on any atom is -0.198 e. The number of rotatable bonds is 7. The van der Waals surface area contributed by atoms with E-state index in [9.17, 15) is 5.26 Å². The van der Waals surface area contributed by atoms with E-state index in [0.717, 1.165) is 17.8 Å². The molecule has 0 N–H and O–H groups in total. The summed E-state index contributed by atoms with van der Waals surface area (Å²) >= 11 is 0. The number of hydrogen-bond acceptors (Lipinski definition) is 1. The predicted octanol–water partition coefficient (Wildman–Crippen LogP) is 6.48. The average Bonchev–Trinajstić information content (AvgIpc) is 2.53. The number of unbranched alkanes of at least 4 members (excludes halogenated alkanes) is 3. The van der Waals surface area contributed by atoms with Crippen LogP contribution in [-0.2, 0) is 0 Å². The van der Waals surface area contributed by atoms with Crippen LogP contribution in [0.5, 0.6) is 0 Å². The first-order valence-corrected chi connectivity index (χ1v) is 9.65. The Morgan fingerprint density at radius 3 is 2.43 bits per heavy atom. The number of fused-ring (bicyclic) bond motifs is 1. The van der Waals surface area contributed by atoms with Gasteiger partial charge in [0.2, 0.25) is 0 Å². The van der Waals surface area contributed by atoms with Crippen LogP contribution < -0.4 is 0 Å². The van der Waals surface area contributed by atoms with Gasteiger partial charge in [0.15, 0.2) is 0 Å². The maximum Gasteiger partial charge on any atom is 0.0692 e. The molecule has 0 aliphatic heterocycles. The molecule has 21 heavy (non-hydrogen) atoms. The molecule has 0 bridgehead atoms. The molecule has 2 saturated carbocycles. The van der Waals surface area contributed by atoms with Crippen LogP contribution in [0.3, 0.4) is 0 Å². The molecule has 0 aromatic carbocycles. The van der Waals surface area contributed by atoms with Crippen molar-refractivity contribution in [3.63, 3.8) is 0 Å². The molecule has 1 nitrogen and oxygen atoms in total. The molecule has 2 rings (SSSR count). The predicted molar refractivity (Wildman–Crippen MR) is 89.9 cm³/mol. The molecule has 0 aromatic rings. The monoisotopic (exact) mass is 289 g/mol. The van der Waals surface area contributed by atoms with Crippen LogP contribution in [0.1, 0.15) is 97.3 Å². The molecule has 1 heteroatoms. The van der Waals surface area contributed by atoms with Crippen molar-refractivity contribution in [3.8, 4) is 6.07 Å². The zero-order chi connectivity index (χ0) is 15.1. The Kier molecular flexibility index (Phi) is 6.59. The average molecular weight is 290 g/mol. The Labute approximate surface area is 132 Å². The summed E-state index contributed by atoms with van der Waals surface area (Å²) in [5.41, 5.74) is 0.0674. The topological polar surface area (TPSA) is 23.8 Å². The van der Waals surface area contributed by atoms with Crippen molar-refractivity contribution in [1.82, 2.24) is 0 Å². The van der Waals surface area contributed by atoms with Crippen molar-refractivity contribution < 1.29 is 0 Å². The Bertz CT molecular complexity index is 342. The van der Waals surface area contributed by atoms with Gasteiger partial charge in [-0.3, -0.25) is 0 Å². The molecular weight excluding hydrogens is 254 g/mol. The summed E-state index contributed by atoms with van der Waals surface area (Å²) < 4.78 is 0. The van der Waals surface area contributed by atoms with Crippen molar-refractivity contribution in [1.29, 1.82) is 5.26 Å². The molecule has 0 spiro atoms. The lowest BCUT2D eigenvalue weighted by Gasteiger charge is -2.48. The van der Waals surface area contributed by atoms with Crippen molar-refractivity contribution in [2.75, 3.05) is 0 Å². The van der Waals surface area contributed by atoms with Crippen molar-refractivity contribution in [2.24, 2.45) is 23.2 Å². The quantitative estimate of drug-likeness (QED) is 0.492. The summed E-state index contributed by atoms with van der Waals surface area (Å²) in [4.78, 5) is 0. The molecule has 2 aliphatic rings. The highest BCUT2D eigenvalue weighted by Gasteiger charge is 2.47. The molecule has 2 fully saturated rings. The summed E-state index contributed by atoms with van der Waals surface area (Å²) in [6, 6.07) is 2.81. The van der Waals surface area contributed by atoms with Crippen LogP contribution in [0.2, 0.25) is 0 Å². The van der Waals surface area contributed by atoms with Crippen LogP contribution in [0, 0.1) is 34.5 Å². The maximum absolute atomic E-state index is 9.87. The number of hydrogen-bond donors (Lipinski definition) is 0. The standard InChI is InChI=1S/C20H35N/c1-3-5-7-9-17-12-13-20(16-21)15-18(8-6-4-2)10-11-19(20)14-17/h17-19H,3-15H2,1-2H3. The van der Waals surface area contributed by atoms with Gasteiger partial charge in [-0.05, 0) is 49.9 Å². The van der Waals surface area contributed by atoms with Crippen LogP contribution in [-0.4, -0.2) is 0 Å². The highest BCUT2D eigenvalue weighted by molar-refractivity contribution is 5.08. The third-order valence-corrected chi connectivity index (χ3v) is 6.38. The summed E-state index contributed by atoms with van der Waals surface area (Å²) in [7, 11) is 0. The second kappa shape index (κ2) is 8.21. The van der Waals surface area contributed by atoms with Gasteiger partial charge in [-0.1, -0.05) is 65.2 Å². The molecule has 0 saturated heterocycles. The van der Waals surface area contributed by atoms with Gasteiger partial charge in [-0.25, -0.2) is 0 Å². The van der Waals surface area contributed by atoms with E-state index in [2.05, 4.69) is 19.9 Å². The van der Waals surface area contributed by atoms with Crippen LogP contribution in [0.25, 0.3) is 0 Å². The van der Waals surface area contributed by atoms with E-state index >= 15 is 0 Å². The van der Waals surface area contributed by atoms with E-state index < -0.39 is 0 Å². The van der Waals surface area contributed by atoms with E-state index in [0.29, 0.717) is 0 Å². The lowest BCUT2D eigenvalue weighted by atomic mass is 9.55. The molecule has 0 amide bonds. The van der Waals surface area contributed by atoms with Crippen molar-refractivity contribution in [3.05, 3.63) is 0 Å². The Morgan fingerprint density at radius 1 is 0.952 bits per heavy atom. The molecule has 0 heterocycles. The fourth-order valence-electron chi connectivity index (χ4n) is 5.01. The van der Waals surface area contributed by atoms with Crippen molar-refractivity contribution in [2.45, 2.75) is 97.3 Å². The fraction of sp³-hybridized carbons (Fsp3) is 0.950. The van der Waals surface area contributed by atoms with Crippen LogP contribution in [0.15, 0.2) is 0 Å². The Hall–Kier alpha value is -0.510. The third kappa shape index (κ3) is 4.24. The summed E-state index contributed by atoms with van der Waals surface area (Å²) in [5.74, 6) is 2.49. The van der Waals surface area contributed by atoms with E-state index in [-0.39, 0.29) is 5.41 Å². The van der Waals surface area contributed by atoms with E-state index in [1.165, 1.54) is 83.5 Å². The van der Waals surface area contributed by atoms with Gasteiger partial charge in [0.05, 0.1) is 11.5 Å². The van der Waals surface area contributed by atoms with E-state index in [4.69, 9.17) is 0 Å². The molecular formula is C20H35N. The lowest BCUT2D eigenvalue weighted by Crippen LogP contribution is -2.40. The molecule has 0 radical (unpaired) electrons. The SMILES string of the molecule is CCCCCC1CCC2(C#N)CC(CCCC)CCC2C1. The van der Waals surface area contributed by atoms with Gasteiger partial charge in [0.1, 0.15) is 0 Å². The van der Waals surface area contributed by atoms with Gasteiger partial charge in [-0.2, -0.15) is 5.26 Å². The van der Waals surface area contributed by atoms with Gasteiger partial charge >= 0.3 is 0 Å². The van der Waals surface area contributed by atoms with Crippen molar-refractivity contribution >= 4 is 0 Å². The largest absolute Gasteiger partial charge is 0.198 e. The normalized spacial score (nSPS) is 36.0.